The third kappa shape index (κ3) is 9.42. The molecule has 1 spiro atoms. The van der Waals surface area contributed by atoms with Gasteiger partial charge in [-0.2, -0.15) is 0 Å². The lowest BCUT2D eigenvalue weighted by atomic mass is 9.59. The second kappa shape index (κ2) is 18.1. The fraction of sp³-hybridized carbons (Fsp3) is 0.490. The number of ether oxygens (including phenoxy) is 2. The molecule has 0 radical (unpaired) electrons. The summed E-state index contributed by atoms with van der Waals surface area (Å²) >= 11 is 0. The van der Waals surface area contributed by atoms with E-state index in [0.717, 1.165) is 101 Å². The second-order valence-electron chi connectivity index (χ2n) is 20.0. The maximum absolute atomic E-state index is 14.0. The fourth-order valence-electron chi connectivity index (χ4n) is 10.6. The number of benzene rings is 2. The van der Waals surface area contributed by atoms with Gasteiger partial charge in [0.05, 0.1) is 35.9 Å². The van der Waals surface area contributed by atoms with Gasteiger partial charge in [0.15, 0.2) is 11.6 Å². The molecule has 2 aromatic carbocycles. The minimum Gasteiger partial charge on any atom is -0.453 e. The summed E-state index contributed by atoms with van der Waals surface area (Å²) in [7, 11) is -4.64. The Morgan fingerprint density at radius 2 is 1.79 bits per heavy atom. The van der Waals surface area contributed by atoms with Gasteiger partial charge in [0, 0.05) is 61.6 Å². The Bertz CT molecular complexity index is 2710. The number of nitrogens with one attached hydrogen (secondary N) is 3. The number of nitrogens with zero attached hydrogens (tertiary/aromatic N) is 5. The summed E-state index contributed by atoms with van der Waals surface area (Å²) in [5.41, 5.74) is 10.4. The van der Waals surface area contributed by atoms with Crippen molar-refractivity contribution in [1.82, 2.24) is 24.6 Å². The van der Waals surface area contributed by atoms with Crippen LogP contribution in [0.1, 0.15) is 113 Å². The molecule has 4 fully saturated rings. The highest BCUT2D eigenvalue weighted by Gasteiger charge is 2.50. The van der Waals surface area contributed by atoms with Gasteiger partial charge in [0.1, 0.15) is 16.3 Å². The summed E-state index contributed by atoms with van der Waals surface area (Å²) in [5, 5.41) is 16.0. The Morgan fingerprint density at radius 3 is 2.53 bits per heavy atom. The van der Waals surface area contributed by atoms with Crippen molar-refractivity contribution < 1.29 is 27.6 Å². The van der Waals surface area contributed by atoms with Crippen molar-refractivity contribution in [3.63, 3.8) is 0 Å². The number of nitrogens with two attached hydrogens (primary N) is 1. The highest BCUT2D eigenvalue weighted by atomic mass is 32.2. The van der Waals surface area contributed by atoms with E-state index in [4.69, 9.17) is 15.2 Å². The maximum Gasteiger partial charge on any atom is 0.312 e. The zero-order valence-corrected chi connectivity index (χ0v) is 39.0. The van der Waals surface area contributed by atoms with Gasteiger partial charge in [-0.1, -0.05) is 52.0 Å². The number of aromatic amines is 1. The zero-order valence-electron chi connectivity index (χ0n) is 38.2. The van der Waals surface area contributed by atoms with Crippen LogP contribution in [0.25, 0.3) is 11.0 Å². The van der Waals surface area contributed by atoms with Crippen LogP contribution in [0.2, 0.25) is 0 Å². The van der Waals surface area contributed by atoms with Crippen LogP contribution in [-0.2, 0) is 14.8 Å². The lowest BCUT2D eigenvalue weighted by Gasteiger charge is -2.57. The first-order chi connectivity index (χ1) is 31.6. The number of carbonyl (C=O) groups is 1. The quantitative estimate of drug-likeness (QED) is 0.0643. The molecule has 3 aromatic heterocycles. The molecule has 17 heteroatoms. The van der Waals surface area contributed by atoms with Crippen molar-refractivity contribution in [1.29, 1.82) is 0 Å². The number of morpholine rings is 1. The normalized spacial score (nSPS) is 20.3. The van der Waals surface area contributed by atoms with Crippen molar-refractivity contribution in [2.24, 2.45) is 16.7 Å². The maximum atomic E-state index is 14.0. The lowest BCUT2D eigenvalue weighted by molar-refractivity contribution is -0.384. The Morgan fingerprint density at radius 1 is 1.03 bits per heavy atom. The zero-order chi connectivity index (χ0) is 46.4. The molecular weight excluding hydrogens is 859 g/mol. The summed E-state index contributed by atoms with van der Waals surface area (Å²) in [6.07, 6.45) is 11.1. The monoisotopic (exact) mass is 919 g/mol. The van der Waals surface area contributed by atoms with Gasteiger partial charge in [-0.15, -0.1) is 0 Å². The predicted octanol–water partition coefficient (Wildman–Crippen LogP) is 8.93. The number of hydrogen-bond donors (Lipinski definition) is 4. The standard InChI is InChI=1S/C49H61N9O7S/c1-31(2)37-7-5-6-8-38(37)41-30-64-22-21-57(41)35-26-49(27-35)16-19-56(20-17-49)34-9-10-39(42(24-34)65-43-23-33-13-18-51-45(33)54-44(43)50)47(59)55-66(62,63)36-25-40(58(60)61)46(53-29-36)52-28-32-11-14-48(3,4)15-12-32/h5-10,13,18,23-25,29,31-32,35,41H,11-12,14-17,19-22,26-28,30H2,1-4H3,(H,52,53)(H,55,59)(H3,50,51,54)/t41-/m0/s1. The topological polar surface area (TPSA) is 211 Å². The van der Waals surface area contributed by atoms with Gasteiger partial charge in [-0.25, -0.2) is 23.1 Å². The van der Waals surface area contributed by atoms with Crippen molar-refractivity contribution in [2.75, 3.05) is 55.3 Å². The average molecular weight is 920 g/mol. The molecule has 2 saturated carbocycles. The number of aromatic nitrogens is 3. The fourth-order valence-corrected chi connectivity index (χ4v) is 11.6. The Hall–Kier alpha value is -5.78. The Labute approximate surface area is 386 Å². The van der Waals surface area contributed by atoms with E-state index in [9.17, 15) is 23.3 Å². The van der Waals surface area contributed by atoms with Crippen molar-refractivity contribution in [2.45, 2.75) is 102 Å². The third-order valence-corrected chi connectivity index (χ3v) is 16.0. The molecule has 4 aliphatic rings. The number of nitro groups is 1. The van der Waals surface area contributed by atoms with Gasteiger partial charge in [-0.3, -0.25) is 19.8 Å². The molecule has 2 aliphatic heterocycles. The number of piperidine rings is 1. The molecule has 5 aromatic rings. The summed E-state index contributed by atoms with van der Waals surface area (Å²) in [5.74, 6) is 0.0567. The number of carbonyl (C=O) groups excluding carboxylic acids is 1. The first kappa shape index (κ1) is 45.4. The molecule has 350 valence electrons. The van der Waals surface area contributed by atoms with Crippen molar-refractivity contribution in [3.8, 4) is 11.5 Å². The largest absolute Gasteiger partial charge is 0.453 e. The average Bonchev–Trinajstić information content (AvgIpc) is 3.74. The van der Waals surface area contributed by atoms with Gasteiger partial charge in [0.25, 0.3) is 15.9 Å². The van der Waals surface area contributed by atoms with Crippen LogP contribution >= 0.6 is 0 Å². The number of nitrogen functional groups attached to an aromatic ring is 1. The molecule has 5 heterocycles. The first-order valence-corrected chi connectivity index (χ1v) is 24.7. The number of H-pyrrole nitrogens is 1. The molecule has 5 N–H and O–H groups in total. The lowest BCUT2D eigenvalue weighted by Crippen LogP contribution is -2.58. The van der Waals surface area contributed by atoms with E-state index in [1.54, 1.807) is 24.4 Å². The number of sulfonamides is 1. The number of amides is 1. The van der Waals surface area contributed by atoms with E-state index < -0.39 is 31.4 Å². The molecule has 16 nitrogen and oxygen atoms in total. The highest BCUT2D eigenvalue weighted by Crippen LogP contribution is 2.53. The van der Waals surface area contributed by atoms with Gasteiger partial charge in [0.2, 0.25) is 5.82 Å². The van der Waals surface area contributed by atoms with Crippen molar-refractivity contribution >= 4 is 50.0 Å². The highest BCUT2D eigenvalue weighted by molar-refractivity contribution is 7.90. The number of anilines is 3. The van der Waals surface area contributed by atoms with E-state index >= 15 is 0 Å². The van der Waals surface area contributed by atoms with Crippen LogP contribution < -0.4 is 25.4 Å². The molecular formula is C49H61N9O7S. The first-order valence-electron chi connectivity index (χ1n) is 23.3. The number of rotatable bonds is 13. The van der Waals surface area contributed by atoms with Gasteiger partial charge >= 0.3 is 5.69 Å². The summed E-state index contributed by atoms with van der Waals surface area (Å²) in [6, 6.07) is 19.0. The molecule has 0 bridgehead atoms. The number of pyridine rings is 2. The molecule has 66 heavy (non-hydrogen) atoms. The van der Waals surface area contributed by atoms with Crippen LogP contribution in [0.4, 0.5) is 23.0 Å². The predicted molar refractivity (Wildman–Crippen MR) is 254 cm³/mol. The van der Waals surface area contributed by atoms with Crippen LogP contribution in [0.15, 0.2) is 78.0 Å². The smallest absolute Gasteiger partial charge is 0.312 e. The van der Waals surface area contributed by atoms with Gasteiger partial charge in [-0.05, 0) is 109 Å². The van der Waals surface area contributed by atoms with Gasteiger partial charge < -0.3 is 30.4 Å². The third-order valence-electron chi connectivity index (χ3n) is 14.7. The van der Waals surface area contributed by atoms with Crippen LogP contribution in [-0.4, -0.2) is 84.5 Å². The number of hydrogen-bond acceptors (Lipinski definition) is 13. The second-order valence-corrected chi connectivity index (χ2v) is 21.6. The Kier molecular flexibility index (Phi) is 12.5. The minimum absolute atomic E-state index is 0.0262. The molecule has 2 aliphatic carbocycles. The SMILES string of the molecule is CC(C)c1ccccc1[C@@H]1COCCN1C1CC2(CCN(c3ccc(C(=O)NS(=O)(=O)c4cnc(NCC5CCC(C)(C)CC5)c([N+](=O)[O-])c4)c(Oc4cc5cc[nH]c5nc4N)c3)CC2)C1. The van der Waals surface area contributed by atoms with Crippen molar-refractivity contribution in [3.05, 3.63) is 99.9 Å². The molecule has 2 saturated heterocycles. The number of fused-ring (bicyclic) bond motifs is 1. The summed E-state index contributed by atoms with van der Waals surface area (Å²) < 4.78 is 42.0. The van der Waals surface area contributed by atoms with Crippen LogP contribution in [0, 0.1) is 26.9 Å². The molecule has 1 amide bonds. The molecule has 0 unspecified atom stereocenters. The van der Waals surface area contributed by atoms with E-state index in [2.05, 4.69) is 86.8 Å². The summed E-state index contributed by atoms with van der Waals surface area (Å²) in [6.45, 7) is 13.4. The van der Waals surface area contributed by atoms with E-state index in [1.165, 1.54) is 17.2 Å². The Balaban J connectivity index is 0.910. The minimum atomic E-state index is -4.64. The summed E-state index contributed by atoms with van der Waals surface area (Å²) in [4.78, 5) is 41.6. The van der Waals surface area contributed by atoms with E-state index in [1.807, 2.05) is 6.07 Å². The molecule has 9 rings (SSSR count). The van der Waals surface area contributed by atoms with Crippen LogP contribution in [0.5, 0.6) is 11.5 Å². The van der Waals surface area contributed by atoms with E-state index in [-0.39, 0.29) is 45.6 Å². The van der Waals surface area contributed by atoms with Crippen LogP contribution in [0.3, 0.4) is 0 Å². The van der Waals surface area contributed by atoms with E-state index in [0.29, 0.717) is 36.7 Å². The molecule has 1 atom stereocenters.